The first kappa shape index (κ1) is 14.5. The molecule has 21 heavy (non-hydrogen) atoms. The van der Waals surface area contributed by atoms with Gasteiger partial charge in [-0.05, 0) is 30.7 Å². The number of sulfonamides is 1. The van der Waals surface area contributed by atoms with E-state index in [-0.39, 0.29) is 11.4 Å². The average Bonchev–Trinajstić information content (AvgIpc) is 2.95. The predicted octanol–water partition coefficient (Wildman–Crippen LogP) is 1.09. The molecule has 0 atom stereocenters. The molecule has 0 saturated carbocycles. The first-order valence-corrected chi connectivity index (χ1v) is 8.28. The predicted molar refractivity (Wildman–Crippen MR) is 73.8 cm³/mol. The van der Waals surface area contributed by atoms with E-state index in [2.05, 4.69) is 0 Å². The molecule has 7 heteroatoms. The highest BCUT2D eigenvalue weighted by atomic mass is 32.2. The molecule has 2 aliphatic rings. The standard InChI is InChI=1S/C14H16N2O4S/c15-10-12-2-4-13(5-3-12)21(17,18)16-7-1-6-14(11-16)19-8-9-20-14/h2-5H,1,6-9,11H2. The second-order valence-corrected chi connectivity index (χ2v) is 7.12. The number of nitriles is 1. The highest BCUT2D eigenvalue weighted by molar-refractivity contribution is 7.89. The molecule has 3 rings (SSSR count). The van der Waals surface area contributed by atoms with E-state index in [4.69, 9.17) is 14.7 Å². The molecule has 0 radical (unpaired) electrons. The topological polar surface area (TPSA) is 79.6 Å². The molecule has 0 N–H and O–H groups in total. The maximum Gasteiger partial charge on any atom is 0.243 e. The van der Waals surface area contributed by atoms with Crippen molar-refractivity contribution in [3.8, 4) is 6.07 Å². The normalized spacial score (nSPS) is 22.2. The van der Waals surface area contributed by atoms with E-state index >= 15 is 0 Å². The molecule has 2 aliphatic heterocycles. The molecule has 0 unspecified atom stereocenters. The molecule has 0 aromatic heterocycles. The summed E-state index contributed by atoms with van der Waals surface area (Å²) in [4.78, 5) is 0.191. The van der Waals surface area contributed by atoms with Gasteiger partial charge in [-0.25, -0.2) is 8.42 Å². The molecule has 0 bridgehead atoms. The lowest BCUT2D eigenvalue weighted by molar-refractivity contribution is -0.179. The summed E-state index contributed by atoms with van der Waals surface area (Å²) >= 11 is 0. The van der Waals surface area contributed by atoms with Gasteiger partial charge < -0.3 is 9.47 Å². The molecule has 1 aromatic rings. The van der Waals surface area contributed by atoms with Crippen LogP contribution in [0.25, 0.3) is 0 Å². The molecule has 0 aliphatic carbocycles. The molecule has 1 aromatic carbocycles. The van der Waals surface area contributed by atoms with E-state index in [1.807, 2.05) is 6.07 Å². The van der Waals surface area contributed by atoms with Crippen LogP contribution >= 0.6 is 0 Å². The van der Waals surface area contributed by atoms with E-state index in [0.717, 1.165) is 0 Å². The minimum atomic E-state index is -3.59. The number of nitrogens with zero attached hydrogens (tertiary/aromatic N) is 2. The number of benzene rings is 1. The van der Waals surface area contributed by atoms with Crippen LogP contribution in [0.5, 0.6) is 0 Å². The highest BCUT2D eigenvalue weighted by Crippen LogP contribution is 2.32. The highest BCUT2D eigenvalue weighted by Gasteiger charge is 2.44. The molecular weight excluding hydrogens is 292 g/mol. The summed E-state index contributed by atoms with van der Waals surface area (Å²) in [5.41, 5.74) is 0.437. The van der Waals surface area contributed by atoms with E-state index in [9.17, 15) is 8.42 Å². The van der Waals surface area contributed by atoms with Crippen molar-refractivity contribution >= 4 is 10.0 Å². The smallest absolute Gasteiger partial charge is 0.243 e. The Morgan fingerprint density at radius 2 is 1.86 bits per heavy atom. The van der Waals surface area contributed by atoms with Gasteiger partial charge in [-0.2, -0.15) is 9.57 Å². The summed E-state index contributed by atoms with van der Waals surface area (Å²) in [5, 5.41) is 8.78. The fourth-order valence-electron chi connectivity index (χ4n) is 2.74. The zero-order valence-corrected chi connectivity index (χ0v) is 12.3. The lowest BCUT2D eigenvalue weighted by Gasteiger charge is -2.37. The fourth-order valence-corrected chi connectivity index (χ4v) is 4.25. The van der Waals surface area contributed by atoms with Gasteiger partial charge in [0.1, 0.15) is 0 Å². The zero-order valence-electron chi connectivity index (χ0n) is 11.5. The van der Waals surface area contributed by atoms with Gasteiger partial charge in [0.15, 0.2) is 5.79 Å². The lowest BCUT2D eigenvalue weighted by atomic mass is 10.1. The van der Waals surface area contributed by atoms with Gasteiger partial charge in [0, 0.05) is 13.0 Å². The Kier molecular flexibility index (Phi) is 3.71. The van der Waals surface area contributed by atoms with E-state index in [1.165, 1.54) is 28.6 Å². The van der Waals surface area contributed by atoms with Gasteiger partial charge >= 0.3 is 0 Å². The fraction of sp³-hybridized carbons (Fsp3) is 0.500. The summed E-state index contributed by atoms with van der Waals surface area (Å²) in [5.74, 6) is -0.780. The number of rotatable bonds is 2. The quantitative estimate of drug-likeness (QED) is 0.817. The summed E-state index contributed by atoms with van der Waals surface area (Å²) in [6.45, 7) is 1.68. The Morgan fingerprint density at radius 3 is 2.48 bits per heavy atom. The summed E-state index contributed by atoms with van der Waals surface area (Å²) < 4.78 is 37.9. The molecule has 1 spiro atoms. The Bertz CT molecular complexity index is 657. The van der Waals surface area contributed by atoms with E-state index in [0.29, 0.717) is 38.2 Å². The lowest BCUT2D eigenvalue weighted by Crippen LogP contribution is -2.50. The van der Waals surface area contributed by atoms with Crippen molar-refractivity contribution in [2.24, 2.45) is 0 Å². The summed E-state index contributed by atoms with van der Waals surface area (Å²) in [6, 6.07) is 7.92. The first-order valence-electron chi connectivity index (χ1n) is 6.84. The van der Waals surface area contributed by atoms with Crippen LogP contribution in [0.2, 0.25) is 0 Å². The Hall–Kier alpha value is -1.46. The van der Waals surface area contributed by atoms with E-state index < -0.39 is 15.8 Å². The largest absolute Gasteiger partial charge is 0.346 e. The van der Waals surface area contributed by atoms with Crippen LogP contribution in [0.1, 0.15) is 18.4 Å². The van der Waals surface area contributed by atoms with Crippen molar-refractivity contribution in [2.45, 2.75) is 23.5 Å². The van der Waals surface area contributed by atoms with Crippen LogP contribution in [-0.4, -0.2) is 44.8 Å². The van der Waals surface area contributed by atoms with Crippen molar-refractivity contribution in [2.75, 3.05) is 26.3 Å². The zero-order chi connectivity index (χ0) is 14.9. The number of piperidine rings is 1. The van der Waals surface area contributed by atoms with Gasteiger partial charge in [0.05, 0.1) is 36.3 Å². The maximum atomic E-state index is 12.7. The monoisotopic (exact) mass is 308 g/mol. The molecule has 112 valence electrons. The number of ether oxygens (including phenoxy) is 2. The molecule has 2 heterocycles. The first-order chi connectivity index (χ1) is 10.1. The van der Waals surface area contributed by atoms with Crippen LogP contribution in [-0.2, 0) is 19.5 Å². The number of hydrogen-bond donors (Lipinski definition) is 0. The van der Waals surface area contributed by atoms with Gasteiger partial charge in [0.2, 0.25) is 10.0 Å². The molecule has 2 fully saturated rings. The van der Waals surface area contributed by atoms with Gasteiger partial charge in [-0.15, -0.1) is 0 Å². The van der Waals surface area contributed by atoms with Crippen molar-refractivity contribution in [1.82, 2.24) is 4.31 Å². The van der Waals surface area contributed by atoms with Gasteiger partial charge in [-0.1, -0.05) is 0 Å². The minimum Gasteiger partial charge on any atom is -0.346 e. The average molecular weight is 308 g/mol. The second-order valence-electron chi connectivity index (χ2n) is 5.19. The molecule has 0 amide bonds. The van der Waals surface area contributed by atoms with Gasteiger partial charge in [0.25, 0.3) is 0 Å². The molecule has 6 nitrogen and oxygen atoms in total. The van der Waals surface area contributed by atoms with Crippen LogP contribution in [0.15, 0.2) is 29.2 Å². The van der Waals surface area contributed by atoms with Crippen LogP contribution in [0, 0.1) is 11.3 Å². The maximum absolute atomic E-state index is 12.7. The van der Waals surface area contributed by atoms with E-state index in [1.54, 1.807) is 0 Å². The number of hydrogen-bond acceptors (Lipinski definition) is 5. The molecule has 2 saturated heterocycles. The van der Waals surface area contributed by atoms with Crippen LogP contribution in [0.4, 0.5) is 0 Å². The van der Waals surface area contributed by atoms with Crippen molar-refractivity contribution in [3.63, 3.8) is 0 Å². The Labute approximate surface area is 123 Å². The van der Waals surface area contributed by atoms with Crippen molar-refractivity contribution in [3.05, 3.63) is 29.8 Å². The molecular formula is C14H16N2O4S. The van der Waals surface area contributed by atoms with Crippen molar-refractivity contribution in [1.29, 1.82) is 5.26 Å². The Balaban J connectivity index is 1.85. The Morgan fingerprint density at radius 1 is 1.19 bits per heavy atom. The third kappa shape index (κ3) is 2.68. The SMILES string of the molecule is N#Cc1ccc(S(=O)(=O)N2CCCC3(C2)OCCO3)cc1. The van der Waals surface area contributed by atoms with Crippen molar-refractivity contribution < 1.29 is 17.9 Å². The van der Waals surface area contributed by atoms with Gasteiger partial charge in [-0.3, -0.25) is 0 Å². The second kappa shape index (κ2) is 5.39. The third-order valence-corrected chi connectivity index (χ3v) is 5.68. The minimum absolute atomic E-state index is 0.191. The summed E-state index contributed by atoms with van der Waals surface area (Å²) in [6.07, 6.45) is 1.42. The van der Waals surface area contributed by atoms with Crippen LogP contribution in [0.3, 0.4) is 0 Å². The van der Waals surface area contributed by atoms with Crippen LogP contribution < -0.4 is 0 Å². The summed E-state index contributed by atoms with van der Waals surface area (Å²) in [7, 11) is -3.59. The third-order valence-electron chi connectivity index (χ3n) is 3.82.